The molecule has 0 aromatic heterocycles. The van der Waals surface area contributed by atoms with Gasteiger partial charge in [0, 0.05) is 6.54 Å². The zero-order valence-corrected chi connectivity index (χ0v) is 14.7. The van der Waals surface area contributed by atoms with Crippen LogP contribution in [0.2, 0.25) is 0 Å². The van der Waals surface area contributed by atoms with Gasteiger partial charge in [-0.05, 0) is 50.9 Å². The van der Waals surface area contributed by atoms with Crippen molar-refractivity contribution in [3.05, 3.63) is 35.3 Å². The van der Waals surface area contributed by atoms with Gasteiger partial charge in [0.05, 0.1) is 16.1 Å². The van der Waals surface area contributed by atoms with Crippen LogP contribution in [-0.2, 0) is 19.3 Å². The molecule has 0 spiro atoms. The van der Waals surface area contributed by atoms with Crippen molar-refractivity contribution < 1.29 is 17.7 Å². The molecule has 1 saturated heterocycles. The summed E-state index contributed by atoms with van der Waals surface area (Å²) in [5.41, 5.74) is 6.53. The second kappa shape index (κ2) is 6.03. The van der Waals surface area contributed by atoms with Gasteiger partial charge in [-0.25, -0.2) is 13.6 Å². The highest BCUT2D eigenvalue weighted by molar-refractivity contribution is 7.89. The monoisotopic (exact) mass is 338 g/mol. The molecule has 0 bridgehead atoms. The SMILES string of the molecule is CC1(C)OB(C(=Cc2ccc(S(N)(=O)=O)cc2)CN)OC1(C)C. The Morgan fingerprint density at radius 3 is 2.00 bits per heavy atom. The molecule has 23 heavy (non-hydrogen) atoms. The first-order valence-corrected chi connectivity index (χ1v) is 8.90. The van der Waals surface area contributed by atoms with Gasteiger partial charge < -0.3 is 15.0 Å². The highest BCUT2D eigenvalue weighted by atomic mass is 32.2. The summed E-state index contributed by atoms with van der Waals surface area (Å²) < 4.78 is 34.5. The maximum atomic E-state index is 11.3. The zero-order chi connectivity index (χ0) is 17.5. The number of nitrogens with two attached hydrogens (primary N) is 2. The summed E-state index contributed by atoms with van der Waals surface area (Å²) >= 11 is 0. The van der Waals surface area contributed by atoms with Gasteiger partial charge in [-0.15, -0.1) is 0 Å². The molecule has 6 nitrogen and oxygen atoms in total. The molecule has 1 heterocycles. The fourth-order valence-electron chi connectivity index (χ4n) is 2.19. The smallest absolute Gasteiger partial charge is 0.400 e. The minimum Gasteiger partial charge on any atom is -0.400 e. The molecule has 4 N–H and O–H groups in total. The summed E-state index contributed by atoms with van der Waals surface area (Å²) in [4.78, 5) is 0.0691. The summed E-state index contributed by atoms with van der Waals surface area (Å²) in [6, 6.07) is 6.25. The lowest BCUT2D eigenvalue weighted by Crippen LogP contribution is -2.41. The topological polar surface area (TPSA) is 105 Å². The number of sulfonamides is 1. The lowest BCUT2D eigenvalue weighted by atomic mass is 9.77. The third kappa shape index (κ3) is 3.84. The van der Waals surface area contributed by atoms with E-state index in [-0.39, 0.29) is 11.4 Å². The molecule has 0 unspecified atom stereocenters. The maximum Gasteiger partial charge on any atom is 0.491 e. The Hall–Kier alpha value is -1.19. The van der Waals surface area contributed by atoms with Crippen molar-refractivity contribution in [1.29, 1.82) is 0 Å². The van der Waals surface area contributed by atoms with E-state index in [0.29, 0.717) is 0 Å². The molecule has 1 fully saturated rings. The Balaban J connectivity index is 2.27. The number of hydrogen-bond donors (Lipinski definition) is 2. The van der Waals surface area contributed by atoms with Crippen LogP contribution >= 0.6 is 0 Å². The molecule has 0 aliphatic carbocycles. The van der Waals surface area contributed by atoms with Crippen molar-refractivity contribution in [1.82, 2.24) is 0 Å². The molecule has 126 valence electrons. The molecule has 1 aromatic carbocycles. The Labute approximate surface area is 138 Å². The Morgan fingerprint density at radius 2 is 1.61 bits per heavy atom. The Morgan fingerprint density at radius 1 is 1.13 bits per heavy atom. The number of primary sulfonamides is 1. The van der Waals surface area contributed by atoms with Crippen LogP contribution in [0.5, 0.6) is 0 Å². The lowest BCUT2D eigenvalue weighted by molar-refractivity contribution is 0.00578. The highest BCUT2D eigenvalue weighted by Crippen LogP contribution is 2.38. The van der Waals surface area contributed by atoms with Gasteiger partial charge in [0.2, 0.25) is 10.0 Å². The van der Waals surface area contributed by atoms with Crippen LogP contribution in [0.1, 0.15) is 33.3 Å². The minimum absolute atomic E-state index is 0.0691. The van der Waals surface area contributed by atoms with Gasteiger partial charge in [0.25, 0.3) is 0 Å². The highest BCUT2D eigenvalue weighted by Gasteiger charge is 2.52. The van der Waals surface area contributed by atoms with Crippen LogP contribution in [0.15, 0.2) is 34.6 Å². The van der Waals surface area contributed by atoms with Crippen LogP contribution in [-0.4, -0.2) is 33.3 Å². The van der Waals surface area contributed by atoms with Gasteiger partial charge in [-0.1, -0.05) is 18.2 Å². The summed E-state index contributed by atoms with van der Waals surface area (Å²) in [6.45, 7) is 8.17. The molecule has 0 radical (unpaired) electrons. The van der Waals surface area contributed by atoms with E-state index < -0.39 is 28.3 Å². The van der Waals surface area contributed by atoms with E-state index in [4.69, 9.17) is 20.2 Å². The molecule has 1 aromatic rings. The molecular formula is C15H23BN2O4S. The van der Waals surface area contributed by atoms with E-state index in [1.54, 1.807) is 12.1 Å². The first-order chi connectivity index (χ1) is 10.5. The zero-order valence-electron chi connectivity index (χ0n) is 13.9. The van der Waals surface area contributed by atoms with Crippen LogP contribution < -0.4 is 10.9 Å². The molecule has 1 aliphatic rings. The van der Waals surface area contributed by atoms with Crippen molar-refractivity contribution in [2.75, 3.05) is 6.54 Å². The van der Waals surface area contributed by atoms with Gasteiger partial charge in [-0.3, -0.25) is 0 Å². The fourth-order valence-corrected chi connectivity index (χ4v) is 2.70. The van der Waals surface area contributed by atoms with Gasteiger partial charge in [-0.2, -0.15) is 0 Å². The molecule has 0 atom stereocenters. The van der Waals surface area contributed by atoms with E-state index in [0.717, 1.165) is 11.0 Å². The van der Waals surface area contributed by atoms with Crippen molar-refractivity contribution >= 4 is 23.2 Å². The third-order valence-electron chi connectivity index (χ3n) is 4.35. The van der Waals surface area contributed by atoms with Gasteiger partial charge >= 0.3 is 7.12 Å². The van der Waals surface area contributed by atoms with E-state index in [1.165, 1.54) is 12.1 Å². The maximum absolute atomic E-state index is 11.3. The third-order valence-corrected chi connectivity index (χ3v) is 5.28. The number of benzene rings is 1. The summed E-state index contributed by atoms with van der Waals surface area (Å²) in [7, 11) is -4.22. The first kappa shape index (κ1) is 18.2. The van der Waals surface area contributed by atoms with Crippen LogP contribution in [0.25, 0.3) is 6.08 Å². The van der Waals surface area contributed by atoms with Crippen molar-refractivity contribution in [2.45, 2.75) is 43.8 Å². The molecule has 0 amide bonds. The predicted molar refractivity (Wildman–Crippen MR) is 90.9 cm³/mol. The Bertz CT molecular complexity index is 695. The summed E-state index contributed by atoms with van der Waals surface area (Å²) in [6.07, 6.45) is 1.84. The van der Waals surface area contributed by atoms with Crippen LogP contribution in [0.4, 0.5) is 0 Å². The second-order valence-electron chi connectivity index (χ2n) is 6.63. The van der Waals surface area contributed by atoms with Gasteiger partial charge in [0.1, 0.15) is 0 Å². The average molecular weight is 338 g/mol. The summed E-state index contributed by atoms with van der Waals surface area (Å²) in [5, 5.41) is 5.09. The number of hydrogen-bond acceptors (Lipinski definition) is 5. The van der Waals surface area contributed by atoms with E-state index in [2.05, 4.69) is 0 Å². The minimum atomic E-state index is -3.69. The van der Waals surface area contributed by atoms with Crippen molar-refractivity contribution in [3.63, 3.8) is 0 Å². The average Bonchev–Trinajstić information content (AvgIpc) is 2.64. The summed E-state index contributed by atoms with van der Waals surface area (Å²) in [5.74, 6) is 0. The molecule has 2 rings (SSSR count). The quantitative estimate of drug-likeness (QED) is 0.806. The molecular weight excluding hydrogens is 315 g/mol. The first-order valence-electron chi connectivity index (χ1n) is 7.35. The number of rotatable bonds is 4. The lowest BCUT2D eigenvalue weighted by Gasteiger charge is -2.32. The van der Waals surface area contributed by atoms with Crippen LogP contribution in [0.3, 0.4) is 0 Å². The normalized spacial score (nSPS) is 20.8. The van der Waals surface area contributed by atoms with Crippen molar-refractivity contribution in [2.24, 2.45) is 10.9 Å². The molecule has 8 heteroatoms. The van der Waals surface area contributed by atoms with Crippen molar-refractivity contribution in [3.8, 4) is 0 Å². The van der Waals surface area contributed by atoms with E-state index in [9.17, 15) is 8.42 Å². The largest absolute Gasteiger partial charge is 0.491 e. The molecule has 0 saturated carbocycles. The van der Waals surface area contributed by atoms with Gasteiger partial charge in [0.15, 0.2) is 0 Å². The predicted octanol–water partition coefficient (Wildman–Crippen LogP) is 1.31. The molecule has 1 aliphatic heterocycles. The van der Waals surface area contributed by atoms with E-state index in [1.807, 2.05) is 33.8 Å². The Kier molecular flexibility index (Phi) is 4.76. The van der Waals surface area contributed by atoms with E-state index >= 15 is 0 Å². The fraction of sp³-hybridized carbons (Fsp3) is 0.467. The standard InChI is InChI=1S/C15H23BN2O4S/c1-14(2)15(3,4)22-16(21-14)12(10-17)9-11-5-7-13(8-6-11)23(18,19)20/h5-9H,10,17H2,1-4H3,(H2,18,19,20). The second-order valence-corrected chi connectivity index (χ2v) is 8.19. The van der Waals surface area contributed by atoms with Crippen LogP contribution in [0, 0.1) is 0 Å².